The fourth-order valence-electron chi connectivity index (χ4n) is 4.31. The number of aromatic nitrogens is 1. The molecule has 4 rings (SSSR count). The summed E-state index contributed by atoms with van der Waals surface area (Å²) in [6, 6.07) is 9.34. The van der Waals surface area contributed by atoms with Crippen LogP contribution < -0.4 is 10.2 Å². The van der Waals surface area contributed by atoms with Crippen molar-refractivity contribution in [1.82, 2.24) is 20.1 Å². The standard InChI is InChI=1S/C23H28ClN5O2/c1-17-4-5-19(24)13-20(17)27-9-11-28(12-10-27)22(30)14-21-23(31)26-7-8-29(21)16-18-3-2-6-25-15-18/h2-6,13,15,21H,7-12,14,16H2,1H3,(H,26,31)/t21-/m0/s1. The van der Waals surface area contributed by atoms with E-state index in [0.29, 0.717) is 26.2 Å². The van der Waals surface area contributed by atoms with E-state index in [1.165, 1.54) is 5.56 Å². The van der Waals surface area contributed by atoms with E-state index in [2.05, 4.69) is 27.0 Å². The third kappa shape index (κ3) is 5.17. The molecule has 2 aliphatic heterocycles. The lowest BCUT2D eigenvalue weighted by Gasteiger charge is -2.39. The molecule has 2 aromatic rings. The summed E-state index contributed by atoms with van der Waals surface area (Å²) in [6.07, 6.45) is 3.74. The van der Waals surface area contributed by atoms with E-state index < -0.39 is 6.04 Å². The number of hydrogen-bond donors (Lipinski definition) is 1. The summed E-state index contributed by atoms with van der Waals surface area (Å²) in [5.74, 6) is -0.0441. The molecule has 0 spiro atoms. The van der Waals surface area contributed by atoms with Crippen molar-refractivity contribution in [2.45, 2.75) is 25.9 Å². The number of hydrogen-bond acceptors (Lipinski definition) is 5. The van der Waals surface area contributed by atoms with E-state index in [4.69, 9.17) is 11.6 Å². The van der Waals surface area contributed by atoms with Gasteiger partial charge in [-0.15, -0.1) is 0 Å². The maximum Gasteiger partial charge on any atom is 0.237 e. The highest BCUT2D eigenvalue weighted by molar-refractivity contribution is 6.30. The number of nitrogens with one attached hydrogen (secondary N) is 1. The van der Waals surface area contributed by atoms with E-state index in [1.54, 1.807) is 6.20 Å². The molecule has 2 aliphatic rings. The summed E-state index contributed by atoms with van der Waals surface area (Å²) in [6.45, 7) is 6.79. The van der Waals surface area contributed by atoms with Gasteiger partial charge in [-0.3, -0.25) is 19.5 Å². The van der Waals surface area contributed by atoms with Crippen LogP contribution in [0.1, 0.15) is 17.5 Å². The highest BCUT2D eigenvalue weighted by atomic mass is 35.5. The predicted molar refractivity (Wildman–Crippen MR) is 121 cm³/mol. The average molecular weight is 442 g/mol. The molecule has 2 fully saturated rings. The van der Waals surface area contributed by atoms with Gasteiger partial charge in [0.2, 0.25) is 11.8 Å². The van der Waals surface area contributed by atoms with Crippen molar-refractivity contribution in [2.75, 3.05) is 44.2 Å². The molecular formula is C23H28ClN5O2. The van der Waals surface area contributed by atoms with Gasteiger partial charge in [-0.1, -0.05) is 23.7 Å². The summed E-state index contributed by atoms with van der Waals surface area (Å²) < 4.78 is 0. The Balaban J connectivity index is 1.37. The van der Waals surface area contributed by atoms with Gasteiger partial charge >= 0.3 is 0 Å². The predicted octanol–water partition coefficient (Wildman–Crippen LogP) is 2.08. The quantitative estimate of drug-likeness (QED) is 0.769. The third-order valence-corrected chi connectivity index (χ3v) is 6.30. The van der Waals surface area contributed by atoms with Crippen LogP contribution in [0.5, 0.6) is 0 Å². The SMILES string of the molecule is Cc1ccc(Cl)cc1N1CCN(C(=O)C[C@H]2C(=O)NCCN2Cc2cccnc2)CC1. The fourth-order valence-corrected chi connectivity index (χ4v) is 4.48. The molecule has 0 radical (unpaired) electrons. The maximum atomic E-state index is 13.0. The van der Waals surface area contributed by atoms with Gasteiger partial charge in [0.15, 0.2) is 0 Å². The lowest BCUT2D eigenvalue weighted by molar-refractivity contribution is -0.139. The van der Waals surface area contributed by atoms with E-state index in [0.717, 1.165) is 35.9 Å². The second-order valence-electron chi connectivity index (χ2n) is 8.14. The summed E-state index contributed by atoms with van der Waals surface area (Å²) >= 11 is 6.17. The van der Waals surface area contributed by atoms with Crippen LogP contribution in [0, 0.1) is 6.92 Å². The molecule has 1 N–H and O–H groups in total. The molecule has 7 nitrogen and oxygen atoms in total. The summed E-state index contributed by atoms with van der Waals surface area (Å²) in [5, 5.41) is 3.63. The van der Waals surface area contributed by atoms with Crippen molar-refractivity contribution in [3.05, 3.63) is 58.9 Å². The fraction of sp³-hybridized carbons (Fsp3) is 0.435. The van der Waals surface area contributed by atoms with Crippen molar-refractivity contribution in [1.29, 1.82) is 0 Å². The molecule has 0 saturated carbocycles. The molecule has 2 amide bonds. The molecule has 0 unspecified atom stereocenters. The summed E-state index contributed by atoms with van der Waals surface area (Å²) in [5.41, 5.74) is 3.34. The van der Waals surface area contributed by atoms with Crippen molar-refractivity contribution in [3.63, 3.8) is 0 Å². The van der Waals surface area contributed by atoms with Crippen LogP contribution in [0.2, 0.25) is 5.02 Å². The molecule has 2 saturated heterocycles. The first-order chi connectivity index (χ1) is 15.0. The van der Waals surface area contributed by atoms with Gasteiger partial charge in [-0.2, -0.15) is 0 Å². The van der Waals surface area contributed by atoms with Crippen molar-refractivity contribution in [3.8, 4) is 0 Å². The smallest absolute Gasteiger partial charge is 0.237 e. The normalized spacial score (nSPS) is 19.9. The summed E-state index contributed by atoms with van der Waals surface area (Å²) in [4.78, 5) is 36.0. The Morgan fingerprint density at radius 1 is 1.19 bits per heavy atom. The van der Waals surface area contributed by atoms with Crippen LogP contribution in [0.4, 0.5) is 5.69 Å². The first-order valence-corrected chi connectivity index (χ1v) is 11.1. The number of anilines is 1. The lowest BCUT2D eigenvalue weighted by atomic mass is 10.1. The van der Waals surface area contributed by atoms with Crippen molar-refractivity contribution in [2.24, 2.45) is 0 Å². The van der Waals surface area contributed by atoms with E-state index in [9.17, 15) is 9.59 Å². The highest BCUT2D eigenvalue weighted by Crippen LogP contribution is 2.25. The van der Waals surface area contributed by atoms with Gasteiger partial charge < -0.3 is 15.1 Å². The molecule has 0 bridgehead atoms. The van der Waals surface area contributed by atoms with E-state index in [-0.39, 0.29) is 18.2 Å². The third-order valence-electron chi connectivity index (χ3n) is 6.06. The molecule has 3 heterocycles. The Kier molecular flexibility index (Phi) is 6.73. The Hall–Kier alpha value is -2.64. The van der Waals surface area contributed by atoms with Gasteiger partial charge in [0, 0.05) is 68.9 Å². The Bertz CT molecular complexity index is 931. The van der Waals surface area contributed by atoms with E-state index in [1.807, 2.05) is 41.4 Å². The van der Waals surface area contributed by atoms with Crippen LogP contribution in [0.15, 0.2) is 42.7 Å². The molecular weight excluding hydrogens is 414 g/mol. The van der Waals surface area contributed by atoms with Crippen LogP contribution in [-0.2, 0) is 16.1 Å². The van der Waals surface area contributed by atoms with Gasteiger partial charge in [-0.25, -0.2) is 0 Å². The number of carbonyl (C=O) groups excluding carboxylic acids is 2. The van der Waals surface area contributed by atoms with Crippen LogP contribution in [0.25, 0.3) is 0 Å². The molecule has 8 heteroatoms. The number of halogens is 1. The first-order valence-electron chi connectivity index (χ1n) is 10.7. The lowest BCUT2D eigenvalue weighted by Crippen LogP contribution is -2.57. The second kappa shape index (κ2) is 9.66. The first kappa shape index (κ1) is 21.6. The minimum Gasteiger partial charge on any atom is -0.368 e. The zero-order valence-electron chi connectivity index (χ0n) is 17.8. The Morgan fingerprint density at radius 3 is 2.74 bits per heavy atom. The van der Waals surface area contributed by atoms with Crippen LogP contribution in [-0.4, -0.2) is 71.9 Å². The zero-order chi connectivity index (χ0) is 21.8. The Morgan fingerprint density at radius 2 is 2.00 bits per heavy atom. The number of amides is 2. The Labute approximate surface area is 188 Å². The van der Waals surface area contributed by atoms with Crippen molar-refractivity contribution < 1.29 is 9.59 Å². The molecule has 31 heavy (non-hydrogen) atoms. The number of nitrogens with zero attached hydrogens (tertiary/aromatic N) is 4. The van der Waals surface area contributed by atoms with Crippen molar-refractivity contribution >= 4 is 29.1 Å². The average Bonchev–Trinajstić information content (AvgIpc) is 2.78. The van der Waals surface area contributed by atoms with Crippen LogP contribution in [0.3, 0.4) is 0 Å². The largest absolute Gasteiger partial charge is 0.368 e. The topological polar surface area (TPSA) is 68.8 Å². The number of piperazine rings is 2. The molecule has 164 valence electrons. The van der Waals surface area contributed by atoms with Gasteiger partial charge in [0.05, 0.1) is 12.5 Å². The summed E-state index contributed by atoms with van der Waals surface area (Å²) in [7, 11) is 0. The van der Waals surface area contributed by atoms with Crippen LogP contribution >= 0.6 is 11.6 Å². The minimum atomic E-state index is -0.449. The molecule has 0 aliphatic carbocycles. The number of rotatable bonds is 5. The minimum absolute atomic E-state index is 0.0284. The van der Waals surface area contributed by atoms with Gasteiger partial charge in [0.1, 0.15) is 0 Å². The van der Waals surface area contributed by atoms with Gasteiger partial charge in [0.25, 0.3) is 0 Å². The van der Waals surface area contributed by atoms with E-state index >= 15 is 0 Å². The molecule has 1 aromatic heterocycles. The number of carbonyl (C=O) groups is 2. The highest BCUT2D eigenvalue weighted by Gasteiger charge is 2.33. The van der Waals surface area contributed by atoms with Gasteiger partial charge in [-0.05, 0) is 36.2 Å². The maximum absolute atomic E-state index is 13.0. The number of aryl methyl sites for hydroxylation is 1. The zero-order valence-corrected chi connectivity index (χ0v) is 18.5. The number of benzene rings is 1. The monoisotopic (exact) mass is 441 g/mol. The molecule has 1 atom stereocenters. The molecule has 1 aromatic carbocycles. The second-order valence-corrected chi connectivity index (χ2v) is 8.58. The number of pyridine rings is 1.